The van der Waals surface area contributed by atoms with Gasteiger partial charge in [0.25, 0.3) is 5.75 Å². The second-order valence-corrected chi connectivity index (χ2v) is 9.27. The van der Waals surface area contributed by atoms with Gasteiger partial charge in [-0.2, -0.15) is 0 Å². The van der Waals surface area contributed by atoms with Crippen LogP contribution in [0.5, 0.6) is 17.2 Å². The number of rotatable bonds is 17. The molecule has 0 amide bonds. The van der Waals surface area contributed by atoms with E-state index in [0.29, 0.717) is 35.5 Å². The van der Waals surface area contributed by atoms with Crippen LogP contribution in [0.4, 0.5) is 0 Å². The van der Waals surface area contributed by atoms with E-state index in [2.05, 4.69) is 26.0 Å². The number of fused-ring (bicyclic) bond motifs is 1. The van der Waals surface area contributed by atoms with E-state index in [1.807, 2.05) is 0 Å². The largest absolute Gasteiger partial charge is 0.492 e. The molecule has 38 heavy (non-hydrogen) atoms. The van der Waals surface area contributed by atoms with Crippen molar-refractivity contribution < 1.29 is 23.4 Å². The van der Waals surface area contributed by atoms with Crippen molar-refractivity contribution in [3.63, 3.8) is 0 Å². The smallest absolute Gasteiger partial charge is 0.383 e. The van der Waals surface area contributed by atoms with Crippen LogP contribution >= 0.6 is 0 Å². The monoisotopic (exact) mass is 520 g/mol. The highest BCUT2D eigenvalue weighted by Crippen LogP contribution is 2.39. The Bertz CT molecular complexity index is 1210. The van der Waals surface area contributed by atoms with Gasteiger partial charge in [0.2, 0.25) is 0 Å². The lowest BCUT2D eigenvalue weighted by molar-refractivity contribution is 0.0721. The predicted octanol–water partition coefficient (Wildman–Crippen LogP) is 8.27. The third-order valence-electron chi connectivity index (χ3n) is 6.20. The fourth-order valence-corrected chi connectivity index (χ4v) is 4.18. The van der Waals surface area contributed by atoms with Crippen LogP contribution in [0.3, 0.4) is 0 Å². The number of ether oxygens (including phenoxy) is 3. The molecule has 1 heterocycles. The van der Waals surface area contributed by atoms with Crippen molar-refractivity contribution in [1.82, 2.24) is 0 Å². The number of hydrogen-bond donors (Lipinski definition) is 0. The van der Waals surface area contributed by atoms with Crippen LogP contribution in [-0.2, 0) is 0 Å². The van der Waals surface area contributed by atoms with Crippen LogP contribution in [-0.4, -0.2) is 19.2 Å². The van der Waals surface area contributed by atoms with Crippen LogP contribution in [0.15, 0.2) is 69.9 Å². The van der Waals surface area contributed by atoms with Gasteiger partial charge in [0.15, 0.2) is 5.75 Å². The molecule has 0 fully saturated rings. The van der Waals surface area contributed by atoms with Gasteiger partial charge in [-0.1, -0.05) is 95.2 Å². The summed E-state index contributed by atoms with van der Waals surface area (Å²) in [5.41, 5.74) is -0.119. The number of hydrogen-bond acceptors (Lipinski definition) is 6. The van der Waals surface area contributed by atoms with Gasteiger partial charge in [-0.3, -0.25) is 0 Å². The standard InChI is InChI=1S/C32H40O6/c1-3-5-7-9-10-11-12-17-24-36-29-28-26(35-23-16-8-6-4-2)21-18-22-27(28)37-32(34)30(29)38-31(33)25-19-14-13-15-20-25/h6,8,13-15,18-22H,3-5,7,9-12,16-17,23-24H2,1-2H3. The van der Waals surface area contributed by atoms with E-state index in [4.69, 9.17) is 18.6 Å². The van der Waals surface area contributed by atoms with Gasteiger partial charge in [-0.15, -0.1) is 0 Å². The number of esters is 1. The highest BCUT2D eigenvalue weighted by molar-refractivity contribution is 5.95. The fraction of sp³-hybridized carbons (Fsp3) is 0.438. The molecule has 1 aromatic heterocycles. The SMILES string of the molecule is CCC=CCCOc1cccc2oc(=O)c(OC(=O)c3ccccc3)c(OCCCCCCCCCC)c12. The molecule has 0 aliphatic heterocycles. The maximum Gasteiger partial charge on any atom is 0.383 e. The Kier molecular flexibility index (Phi) is 12.5. The Hall–Kier alpha value is -3.54. The maximum atomic E-state index is 13.0. The molecule has 3 rings (SSSR count). The van der Waals surface area contributed by atoms with Crippen LogP contribution in [0.1, 0.15) is 88.4 Å². The fourth-order valence-electron chi connectivity index (χ4n) is 4.18. The van der Waals surface area contributed by atoms with Crippen molar-refractivity contribution in [2.45, 2.75) is 78.1 Å². The van der Waals surface area contributed by atoms with Gasteiger partial charge in [0, 0.05) is 0 Å². The van der Waals surface area contributed by atoms with Crippen LogP contribution in [0.2, 0.25) is 0 Å². The third kappa shape index (κ3) is 8.79. The average molecular weight is 521 g/mol. The summed E-state index contributed by atoms with van der Waals surface area (Å²) in [7, 11) is 0. The quantitative estimate of drug-likeness (QED) is 0.0772. The van der Waals surface area contributed by atoms with E-state index in [9.17, 15) is 9.59 Å². The van der Waals surface area contributed by atoms with E-state index in [1.54, 1.807) is 48.5 Å². The normalized spacial score (nSPS) is 11.2. The second kappa shape index (κ2) is 16.3. The van der Waals surface area contributed by atoms with E-state index < -0.39 is 11.6 Å². The maximum absolute atomic E-state index is 13.0. The van der Waals surface area contributed by atoms with Crippen LogP contribution in [0, 0.1) is 0 Å². The molecule has 0 saturated carbocycles. The van der Waals surface area contributed by atoms with Crippen molar-refractivity contribution in [2.75, 3.05) is 13.2 Å². The summed E-state index contributed by atoms with van der Waals surface area (Å²) in [5.74, 6) is -0.215. The molecule has 0 atom stereocenters. The van der Waals surface area contributed by atoms with Crippen LogP contribution in [0.25, 0.3) is 11.0 Å². The zero-order valence-corrected chi connectivity index (χ0v) is 22.7. The van der Waals surface area contributed by atoms with E-state index in [0.717, 1.165) is 32.1 Å². The molecule has 204 valence electrons. The summed E-state index contributed by atoms with van der Waals surface area (Å²) in [4.78, 5) is 25.8. The zero-order valence-electron chi connectivity index (χ0n) is 22.7. The van der Waals surface area contributed by atoms with Crippen molar-refractivity contribution in [3.05, 3.63) is 76.7 Å². The number of unbranched alkanes of at least 4 members (excludes halogenated alkanes) is 7. The summed E-state index contributed by atoms with van der Waals surface area (Å²) in [6, 6.07) is 13.8. The molecule has 2 aromatic carbocycles. The van der Waals surface area contributed by atoms with Gasteiger partial charge in [-0.05, 0) is 43.5 Å². The molecule has 0 bridgehead atoms. The number of carbonyl (C=O) groups excluding carboxylic acids is 1. The molecular formula is C32H40O6. The van der Waals surface area contributed by atoms with Crippen molar-refractivity contribution >= 4 is 16.9 Å². The Morgan fingerprint density at radius 3 is 2.26 bits per heavy atom. The van der Waals surface area contributed by atoms with Crippen molar-refractivity contribution in [2.24, 2.45) is 0 Å². The highest BCUT2D eigenvalue weighted by atomic mass is 16.6. The second-order valence-electron chi connectivity index (χ2n) is 9.27. The Morgan fingerprint density at radius 1 is 0.789 bits per heavy atom. The van der Waals surface area contributed by atoms with E-state index >= 15 is 0 Å². The Morgan fingerprint density at radius 2 is 1.53 bits per heavy atom. The molecule has 6 heteroatoms. The molecule has 6 nitrogen and oxygen atoms in total. The molecule has 0 saturated heterocycles. The summed E-state index contributed by atoms with van der Waals surface area (Å²) < 4.78 is 23.3. The van der Waals surface area contributed by atoms with Crippen molar-refractivity contribution in [3.8, 4) is 17.2 Å². The van der Waals surface area contributed by atoms with E-state index in [1.165, 1.54) is 32.1 Å². The lowest BCUT2D eigenvalue weighted by atomic mass is 10.1. The summed E-state index contributed by atoms with van der Waals surface area (Å²) in [5, 5.41) is 0.488. The first kappa shape index (κ1) is 29.0. The molecule has 0 radical (unpaired) electrons. The minimum atomic E-state index is -0.768. The summed E-state index contributed by atoms with van der Waals surface area (Å²) in [6.07, 6.45) is 15.1. The predicted molar refractivity (Wildman–Crippen MR) is 152 cm³/mol. The first-order chi connectivity index (χ1) is 18.7. The molecule has 3 aromatic rings. The minimum Gasteiger partial charge on any atom is -0.492 e. The number of allylic oxidation sites excluding steroid dienone is 1. The minimum absolute atomic E-state index is 0.183. The molecule has 0 aliphatic carbocycles. The van der Waals surface area contributed by atoms with Crippen molar-refractivity contribution in [1.29, 1.82) is 0 Å². The molecular weight excluding hydrogens is 480 g/mol. The Labute approximate surface area is 225 Å². The molecule has 0 aliphatic rings. The number of benzene rings is 2. The zero-order chi connectivity index (χ0) is 27.0. The van der Waals surface area contributed by atoms with Gasteiger partial charge < -0.3 is 18.6 Å². The molecule has 0 unspecified atom stereocenters. The molecule has 0 N–H and O–H groups in total. The lowest BCUT2D eigenvalue weighted by Gasteiger charge is -2.15. The summed E-state index contributed by atoms with van der Waals surface area (Å²) in [6.45, 7) is 5.14. The summed E-state index contributed by atoms with van der Waals surface area (Å²) >= 11 is 0. The third-order valence-corrected chi connectivity index (χ3v) is 6.20. The van der Waals surface area contributed by atoms with Gasteiger partial charge in [0.1, 0.15) is 16.7 Å². The number of carbonyl (C=O) groups is 1. The first-order valence-corrected chi connectivity index (χ1v) is 13.9. The van der Waals surface area contributed by atoms with Crippen LogP contribution < -0.4 is 19.8 Å². The molecule has 0 spiro atoms. The Balaban J connectivity index is 1.83. The van der Waals surface area contributed by atoms with Gasteiger partial charge in [0.05, 0.1) is 18.8 Å². The topological polar surface area (TPSA) is 75.0 Å². The highest BCUT2D eigenvalue weighted by Gasteiger charge is 2.24. The van der Waals surface area contributed by atoms with Gasteiger partial charge >= 0.3 is 11.6 Å². The first-order valence-electron chi connectivity index (χ1n) is 13.9. The lowest BCUT2D eigenvalue weighted by Crippen LogP contribution is -2.16. The van der Waals surface area contributed by atoms with Gasteiger partial charge in [-0.25, -0.2) is 9.59 Å². The average Bonchev–Trinajstić information content (AvgIpc) is 2.93. The van der Waals surface area contributed by atoms with E-state index in [-0.39, 0.29) is 11.5 Å².